The smallest absolute Gasteiger partial charge is 0.422 e. The first kappa shape index (κ1) is 18.4. The first-order valence-electron chi connectivity index (χ1n) is 8.46. The molecule has 0 unspecified atom stereocenters. The van der Waals surface area contributed by atoms with Crippen LogP contribution in [0.2, 0.25) is 0 Å². The lowest BCUT2D eigenvalue weighted by molar-refractivity contribution is -0.153. The van der Waals surface area contributed by atoms with Crippen LogP contribution in [0.5, 0.6) is 5.19 Å². The van der Waals surface area contributed by atoms with E-state index in [0.717, 1.165) is 49.3 Å². The van der Waals surface area contributed by atoms with Gasteiger partial charge < -0.3 is 10.1 Å². The number of hydrogen-bond acceptors (Lipinski definition) is 5. The molecule has 0 aromatic carbocycles. The van der Waals surface area contributed by atoms with Crippen molar-refractivity contribution >= 4 is 17.2 Å². The molecule has 2 heterocycles. The van der Waals surface area contributed by atoms with Gasteiger partial charge in [-0.25, -0.2) is 4.98 Å². The fourth-order valence-electron chi connectivity index (χ4n) is 3.37. The number of aromatic nitrogens is 1. The van der Waals surface area contributed by atoms with Crippen molar-refractivity contribution in [2.75, 3.05) is 19.7 Å². The number of hydrogen-bond donors (Lipinski definition) is 1. The third kappa shape index (κ3) is 5.31. The Labute approximate surface area is 148 Å². The number of rotatable bonds is 6. The predicted octanol–water partition coefficient (Wildman–Crippen LogP) is 2.75. The van der Waals surface area contributed by atoms with Gasteiger partial charge in [0.25, 0.3) is 5.19 Å². The summed E-state index contributed by atoms with van der Waals surface area (Å²) in [6, 6.07) is 0.322. The largest absolute Gasteiger partial charge is 0.460 e. The van der Waals surface area contributed by atoms with Crippen LogP contribution in [0.3, 0.4) is 0 Å². The van der Waals surface area contributed by atoms with E-state index in [9.17, 15) is 18.0 Å². The maximum atomic E-state index is 12.2. The second kappa shape index (κ2) is 7.49. The van der Waals surface area contributed by atoms with Crippen LogP contribution in [0.4, 0.5) is 13.2 Å². The molecule has 140 valence electrons. The zero-order valence-electron chi connectivity index (χ0n) is 14.1. The minimum atomic E-state index is -4.34. The van der Waals surface area contributed by atoms with Crippen molar-refractivity contribution in [2.24, 2.45) is 5.92 Å². The van der Waals surface area contributed by atoms with Gasteiger partial charge in [0.1, 0.15) is 0 Å². The van der Waals surface area contributed by atoms with E-state index in [2.05, 4.69) is 15.2 Å². The number of carbonyl (C=O) groups excluding carboxylic acids is 1. The van der Waals surface area contributed by atoms with Gasteiger partial charge in [-0.05, 0) is 38.1 Å². The zero-order valence-corrected chi connectivity index (χ0v) is 14.9. The zero-order chi connectivity index (χ0) is 18.0. The molecule has 5 nitrogen and oxygen atoms in total. The fraction of sp³-hybridized carbons (Fsp3) is 0.750. The molecule has 1 aromatic rings. The van der Waals surface area contributed by atoms with Crippen molar-refractivity contribution in [1.82, 2.24) is 15.2 Å². The van der Waals surface area contributed by atoms with Gasteiger partial charge in [-0.2, -0.15) is 13.2 Å². The van der Waals surface area contributed by atoms with Crippen LogP contribution in [-0.2, 0) is 17.8 Å². The topological polar surface area (TPSA) is 54.5 Å². The van der Waals surface area contributed by atoms with Gasteiger partial charge in [0.2, 0.25) is 5.91 Å². The second-order valence-electron chi connectivity index (χ2n) is 6.80. The molecule has 3 rings (SSSR count). The minimum absolute atomic E-state index is 0.0269. The van der Waals surface area contributed by atoms with Crippen LogP contribution >= 0.6 is 11.3 Å². The van der Waals surface area contributed by atoms with Crippen molar-refractivity contribution in [3.63, 3.8) is 0 Å². The highest BCUT2D eigenvalue weighted by Gasteiger charge is 2.31. The molecule has 0 radical (unpaired) electrons. The van der Waals surface area contributed by atoms with E-state index in [1.165, 1.54) is 11.3 Å². The van der Waals surface area contributed by atoms with Crippen molar-refractivity contribution in [1.29, 1.82) is 0 Å². The lowest BCUT2D eigenvalue weighted by Gasteiger charge is -2.37. The highest BCUT2D eigenvalue weighted by atomic mass is 32.1. The molecule has 1 saturated carbocycles. The molecule has 1 N–H and O–H groups in total. The van der Waals surface area contributed by atoms with Crippen molar-refractivity contribution in [2.45, 2.75) is 51.4 Å². The Morgan fingerprint density at radius 3 is 2.88 bits per heavy atom. The molecule has 1 aliphatic carbocycles. The van der Waals surface area contributed by atoms with Gasteiger partial charge in [-0.1, -0.05) is 11.3 Å². The molecule has 2 aliphatic rings. The quantitative estimate of drug-likeness (QED) is 0.828. The third-order valence-electron chi connectivity index (χ3n) is 4.64. The predicted molar refractivity (Wildman–Crippen MR) is 87.6 cm³/mol. The first-order chi connectivity index (χ1) is 11.8. The highest BCUT2D eigenvalue weighted by molar-refractivity contribution is 7.13. The monoisotopic (exact) mass is 377 g/mol. The van der Waals surface area contributed by atoms with Gasteiger partial charge >= 0.3 is 6.18 Å². The number of carbonyl (C=O) groups is 1. The van der Waals surface area contributed by atoms with Crippen LogP contribution in [0.1, 0.15) is 36.8 Å². The van der Waals surface area contributed by atoms with Crippen LogP contribution in [0, 0.1) is 5.92 Å². The number of thiazole rings is 1. The second-order valence-corrected chi connectivity index (χ2v) is 7.85. The summed E-state index contributed by atoms with van der Waals surface area (Å²) in [5.74, 6) is 0.665. The molecule has 9 heteroatoms. The molecule has 1 fully saturated rings. The summed E-state index contributed by atoms with van der Waals surface area (Å²) < 4.78 is 41.4. The number of fused-ring (bicyclic) bond motifs is 1. The van der Waals surface area contributed by atoms with Crippen LogP contribution < -0.4 is 10.1 Å². The summed E-state index contributed by atoms with van der Waals surface area (Å²) in [5, 5.41) is 3.04. The van der Waals surface area contributed by atoms with Gasteiger partial charge in [-0.3, -0.25) is 9.69 Å². The molecule has 0 saturated heterocycles. The summed E-state index contributed by atoms with van der Waals surface area (Å²) in [6.45, 7) is 2.77. The van der Waals surface area contributed by atoms with E-state index in [4.69, 9.17) is 4.74 Å². The molecular weight excluding hydrogens is 355 g/mol. The molecule has 0 bridgehead atoms. The third-order valence-corrected chi connectivity index (χ3v) is 5.71. The number of halogens is 3. The van der Waals surface area contributed by atoms with Crippen molar-refractivity contribution < 1.29 is 22.7 Å². The Kier molecular flexibility index (Phi) is 5.52. The Hall–Kier alpha value is -1.35. The number of nitrogens with one attached hydrogen (secondary N) is 1. The Balaban J connectivity index is 1.41. The number of nitrogens with zero attached hydrogens (tertiary/aromatic N) is 2. The Morgan fingerprint density at radius 2 is 2.20 bits per heavy atom. The van der Waals surface area contributed by atoms with Gasteiger partial charge in [-0.15, -0.1) is 0 Å². The lowest BCUT2D eigenvalue weighted by Crippen LogP contribution is -2.44. The normalized spacial score (nSPS) is 23.7. The maximum Gasteiger partial charge on any atom is 0.422 e. The average Bonchev–Trinajstić information content (AvgIpc) is 2.88. The Morgan fingerprint density at radius 1 is 1.44 bits per heavy atom. The SMILES string of the molecule is CC(=O)N[C@H]1C[C@H](CCN2CCc3sc(OCC(F)(F)F)nc3C2)C1. The minimum Gasteiger partial charge on any atom is -0.460 e. The van der Waals surface area contributed by atoms with Crippen LogP contribution in [0.25, 0.3) is 0 Å². The molecule has 0 spiro atoms. The van der Waals surface area contributed by atoms with Crippen molar-refractivity contribution in [3.05, 3.63) is 10.6 Å². The fourth-order valence-corrected chi connectivity index (χ4v) is 4.27. The van der Waals surface area contributed by atoms with Gasteiger partial charge in [0.15, 0.2) is 6.61 Å². The first-order valence-corrected chi connectivity index (χ1v) is 9.28. The van der Waals surface area contributed by atoms with Crippen LogP contribution in [-0.4, -0.2) is 47.7 Å². The van der Waals surface area contributed by atoms with Gasteiger partial charge in [0, 0.05) is 30.9 Å². The van der Waals surface area contributed by atoms with Gasteiger partial charge in [0.05, 0.1) is 5.69 Å². The van der Waals surface area contributed by atoms with E-state index in [-0.39, 0.29) is 11.1 Å². The van der Waals surface area contributed by atoms with E-state index < -0.39 is 12.8 Å². The summed E-state index contributed by atoms with van der Waals surface area (Å²) in [7, 11) is 0. The highest BCUT2D eigenvalue weighted by Crippen LogP contribution is 2.33. The number of ether oxygens (including phenoxy) is 1. The van der Waals surface area contributed by atoms with E-state index in [1.807, 2.05) is 0 Å². The summed E-state index contributed by atoms with van der Waals surface area (Å²) >= 11 is 1.22. The molecular formula is C16H22F3N3O2S. The lowest BCUT2D eigenvalue weighted by atomic mass is 9.78. The summed E-state index contributed by atoms with van der Waals surface area (Å²) in [6.07, 6.45) is -0.389. The summed E-state index contributed by atoms with van der Waals surface area (Å²) in [4.78, 5) is 18.5. The maximum absolute atomic E-state index is 12.2. The summed E-state index contributed by atoms with van der Waals surface area (Å²) in [5.41, 5.74) is 0.846. The number of amides is 1. The molecule has 0 atom stereocenters. The van der Waals surface area contributed by atoms with E-state index >= 15 is 0 Å². The molecule has 1 aliphatic heterocycles. The molecule has 25 heavy (non-hydrogen) atoms. The molecule has 1 amide bonds. The standard InChI is InChI=1S/C16H22F3N3O2S/c1-10(23)20-12-6-11(7-12)2-4-22-5-3-14-13(8-22)21-15(25-14)24-9-16(17,18)19/h11-12H,2-9H2,1H3,(H,20,23)/t11-,12-. The van der Waals surface area contributed by atoms with E-state index in [0.29, 0.717) is 18.5 Å². The average molecular weight is 377 g/mol. The van der Waals surface area contributed by atoms with Crippen molar-refractivity contribution in [3.8, 4) is 5.19 Å². The van der Waals surface area contributed by atoms with Crippen LogP contribution in [0.15, 0.2) is 0 Å². The van der Waals surface area contributed by atoms with E-state index in [1.54, 1.807) is 6.92 Å². The molecule has 1 aromatic heterocycles. The Bertz CT molecular complexity index is 614. The number of alkyl halides is 3.